The molecule has 2 aromatic heterocycles. The molecule has 0 saturated carbocycles. The monoisotopic (exact) mass is 347 g/mol. The van der Waals surface area contributed by atoms with Gasteiger partial charge in [-0.05, 0) is 52.2 Å². The van der Waals surface area contributed by atoms with E-state index >= 15 is 0 Å². The van der Waals surface area contributed by atoms with Gasteiger partial charge in [-0.2, -0.15) is 0 Å². The molecule has 1 fully saturated rings. The SMILES string of the molecule is CC(C)(C)OC(=O)N1CCCC1.CCc1cnc2ccc(NC)nn12. The molecule has 3 rings (SSSR count). The van der Waals surface area contributed by atoms with Crippen molar-refractivity contribution in [3.8, 4) is 0 Å². The maximum atomic E-state index is 11.4. The van der Waals surface area contributed by atoms with Gasteiger partial charge in [-0.15, -0.1) is 5.10 Å². The van der Waals surface area contributed by atoms with Gasteiger partial charge in [-0.3, -0.25) is 0 Å². The largest absolute Gasteiger partial charge is 0.444 e. The number of nitrogens with zero attached hydrogens (tertiary/aromatic N) is 4. The Balaban J connectivity index is 0.000000181. The summed E-state index contributed by atoms with van der Waals surface area (Å²) in [6, 6.07) is 3.87. The number of rotatable bonds is 2. The molecule has 1 amide bonds. The van der Waals surface area contributed by atoms with Crippen LogP contribution in [0, 0.1) is 0 Å². The Morgan fingerprint density at radius 2 is 1.96 bits per heavy atom. The highest BCUT2D eigenvalue weighted by Gasteiger charge is 2.23. The molecule has 0 spiro atoms. The maximum absolute atomic E-state index is 11.4. The topological polar surface area (TPSA) is 71.8 Å². The Kier molecular flexibility index (Phi) is 6.22. The van der Waals surface area contributed by atoms with Crippen LogP contribution < -0.4 is 5.32 Å². The molecule has 25 heavy (non-hydrogen) atoms. The van der Waals surface area contributed by atoms with Crippen molar-refractivity contribution in [2.75, 3.05) is 25.5 Å². The molecule has 1 aliphatic rings. The summed E-state index contributed by atoms with van der Waals surface area (Å²) in [4.78, 5) is 17.4. The Labute approximate surface area is 149 Å². The molecule has 1 saturated heterocycles. The lowest BCUT2D eigenvalue weighted by molar-refractivity contribution is 0.0295. The predicted molar refractivity (Wildman–Crippen MR) is 99.0 cm³/mol. The van der Waals surface area contributed by atoms with Crippen molar-refractivity contribution in [1.29, 1.82) is 0 Å². The zero-order valence-corrected chi connectivity index (χ0v) is 15.9. The van der Waals surface area contributed by atoms with Crippen LogP contribution in [0.2, 0.25) is 0 Å². The first-order valence-electron chi connectivity index (χ1n) is 8.83. The standard InChI is InChI=1S/C9H12N4.C9H17NO2/c1-3-7-6-11-9-5-4-8(10-2)12-13(7)9;1-9(2,3)12-8(11)10-6-4-5-7-10/h4-6H,3H2,1-2H3,(H,10,12);4-7H2,1-3H3. The highest BCUT2D eigenvalue weighted by molar-refractivity contribution is 5.68. The normalized spacial score (nSPS) is 14.2. The zero-order valence-electron chi connectivity index (χ0n) is 15.9. The zero-order chi connectivity index (χ0) is 18.4. The summed E-state index contributed by atoms with van der Waals surface area (Å²) in [5.41, 5.74) is 1.67. The van der Waals surface area contributed by atoms with Crippen LogP contribution >= 0.6 is 0 Å². The summed E-state index contributed by atoms with van der Waals surface area (Å²) in [5.74, 6) is 0.861. The number of carbonyl (C=O) groups is 1. The average molecular weight is 347 g/mol. The van der Waals surface area contributed by atoms with E-state index in [4.69, 9.17) is 4.74 Å². The summed E-state index contributed by atoms with van der Waals surface area (Å²) in [7, 11) is 1.86. The van der Waals surface area contributed by atoms with Gasteiger partial charge in [0.15, 0.2) is 5.65 Å². The van der Waals surface area contributed by atoms with E-state index in [1.54, 1.807) is 4.90 Å². The first kappa shape index (κ1) is 19.0. The molecule has 1 aliphatic heterocycles. The van der Waals surface area contributed by atoms with Crippen LogP contribution in [0.4, 0.5) is 10.6 Å². The van der Waals surface area contributed by atoms with Gasteiger partial charge in [0.05, 0.1) is 11.9 Å². The molecule has 0 bridgehead atoms. The van der Waals surface area contributed by atoms with Crippen LogP contribution in [0.25, 0.3) is 5.65 Å². The smallest absolute Gasteiger partial charge is 0.410 e. The molecule has 2 aromatic rings. The summed E-state index contributed by atoms with van der Waals surface area (Å²) in [5, 5.41) is 7.37. The maximum Gasteiger partial charge on any atom is 0.410 e. The Morgan fingerprint density at radius 1 is 1.28 bits per heavy atom. The molecule has 7 heteroatoms. The fraction of sp³-hybridized carbons (Fsp3) is 0.611. The lowest BCUT2D eigenvalue weighted by atomic mass is 10.2. The van der Waals surface area contributed by atoms with Gasteiger partial charge in [-0.25, -0.2) is 14.3 Å². The van der Waals surface area contributed by atoms with E-state index < -0.39 is 0 Å². The third-order valence-electron chi connectivity index (χ3n) is 3.81. The number of hydrogen-bond acceptors (Lipinski definition) is 5. The van der Waals surface area contributed by atoms with E-state index in [1.165, 1.54) is 0 Å². The summed E-state index contributed by atoms with van der Waals surface area (Å²) >= 11 is 0. The molecule has 0 radical (unpaired) electrons. The van der Waals surface area contributed by atoms with Gasteiger partial charge < -0.3 is 15.0 Å². The molecule has 1 N–H and O–H groups in total. The second-order valence-corrected chi connectivity index (χ2v) is 7.02. The van der Waals surface area contributed by atoms with Crippen LogP contribution in [-0.2, 0) is 11.2 Å². The van der Waals surface area contributed by atoms with Gasteiger partial charge in [0.1, 0.15) is 11.4 Å². The second-order valence-electron chi connectivity index (χ2n) is 7.02. The van der Waals surface area contributed by atoms with Gasteiger partial charge in [-0.1, -0.05) is 6.92 Å². The molecule has 138 valence electrons. The molecular formula is C18H29N5O2. The van der Waals surface area contributed by atoms with Crippen molar-refractivity contribution in [2.24, 2.45) is 0 Å². The third-order valence-corrected chi connectivity index (χ3v) is 3.81. The second kappa shape index (κ2) is 8.18. The highest BCUT2D eigenvalue weighted by atomic mass is 16.6. The highest BCUT2D eigenvalue weighted by Crippen LogP contribution is 2.14. The van der Waals surface area contributed by atoms with Crippen LogP contribution in [-0.4, -0.2) is 51.3 Å². The van der Waals surface area contributed by atoms with E-state index in [2.05, 4.69) is 22.3 Å². The first-order valence-corrected chi connectivity index (χ1v) is 8.83. The van der Waals surface area contributed by atoms with Crippen LogP contribution in [0.5, 0.6) is 0 Å². The predicted octanol–water partition coefficient (Wildman–Crippen LogP) is 3.35. The molecule has 7 nitrogen and oxygen atoms in total. The fourth-order valence-corrected chi connectivity index (χ4v) is 2.52. The van der Waals surface area contributed by atoms with Crippen molar-refractivity contribution in [1.82, 2.24) is 19.5 Å². The van der Waals surface area contributed by atoms with E-state index in [9.17, 15) is 4.79 Å². The third kappa shape index (κ3) is 5.34. The first-order chi connectivity index (χ1) is 11.8. The number of nitrogens with one attached hydrogen (secondary N) is 1. The number of amides is 1. The van der Waals surface area contributed by atoms with Crippen LogP contribution in [0.3, 0.4) is 0 Å². The van der Waals surface area contributed by atoms with E-state index in [0.717, 1.165) is 49.5 Å². The number of hydrogen-bond donors (Lipinski definition) is 1. The van der Waals surface area contributed by atoms with Crippen molar-refractivity contribution >= 4 is 17.6 Å². The quantitative estimate of drug-likeness (QED) is 0.902. The number of carbonyl (C=O) groups excluding carboxylic acids is 1. The van der Waals surface area contributed by atoms with Crippen LogP contribution in [0.1, 0.15) is 46.2 Å². The fourth-order valence-electron chi connectivity index (χ4n) is 2.52. The molecule has 0 aromatic carbocycles. The van der Waals surface area contributed by atoms with Crippen molar-refractivity contribution in [2.45, 2.75) is 52.6 Å². The van der Waals surface area contributed by atoms with E-state index in [1.807, 2.05) is 50.7 Å². The number of imidazole rings is 1. The van der Waals surface area contributed by atoms with Crippen LogP contribution in [0.15, 0.2) is 18.3 Å². The number of fused-ring (bicyclic) bond motifs is 1. The number of aromatic nitrogens is 3. The van der Waals surface area contributed by atoms with Crippen molar-refractivity contribution in [3.63, 3.8) is 0 Å². The van der Waals surface area contributed by atoms with Gasteiger partial charge in [0, 0.05) is 20.1 Å². The average Bonchev–Trinajstić information content (AvgIpc) is 3.22. The molecule has 0 aliphatic carbocycles. The lowest BCUT2D eigenvalue weighted by Crippen LogP contribution is -2.34. The van der Waals surface area contributed by atoms with E-state index in [0.29, 0.717) is 0 Å². The van der Waals surface area contributed by atoms with Gasteiger partial charge >= 0.3 is 6.09 Å². The van der Waals surface area contributed by atoms with Crippen molar-refractivity contribution in [3.05, 3.63) is 24.0 Å². The Bertz CT molecular complexity index is 699. The lowest BCUT2D eigenvalue weighted by Gasteiger charge is -2.23. The minimum Gasteiger partial charge on any atom is -0.444 e. The summed E-state index contributed by atoms with van der Waals surface area (Å²) in [6.07, 6.45) is 4.86. The Morgan fingerprint density at radius 3 is 2.52 bits per heavy atom. The minimum atomic E-state index is -0.361. The van der Waals surface area contributed by atoms with E-state index in [-0.39, 0.29) is 11.7 Å². The van der Waals surface area contributed by atoms with Gasteiger partial charge in [0.2, 0.25) is 0 Å². The summed E-state index contributed by atoms with van der Waals surface area (Å²) < 4.78 is 7.08. The Hall–Kier alpha value is -2.31. The summed E-state index contributed by atoms with van der Waals surface area (Å²) in [6.45, 7) is 9.48. The number of aryl methyl sites for hydroxylation is 1. The molecule has 0 unspecified atom stereocenters. The molecule has 0 atom stereocenters. The molecular weight excluding hydrogens is 318 g/mol. The number of anilines is 1. The molecule has 3 heterocycles. The number of ether oxygens (including phenoxy) is 1. The minimum absolute atomic E-state index is 0.167. The van der Waals surface area contributed by atoms with Crippen molar-refractivity contribution < 1.29 is 9.53 Å². The van der Waals surface area contributed by atoms with Gasteiger partial charge in [0.25, 0.3) is 0 Å². The number of likely N-dealkylation sites (tertiary alicyclic amines) is 1.